The number of carbonyl (C=O) groups is 1. The van der Waals surface area contributed by atoms with Crippen LogP contribution in [0.2, 0.25) is 0 Å². The van der Waals surface area contributed by atoms with Crippen LogP contribution in [-0.2, 0) is 10.9 Å². The van der Waals surface area contributed by atoms with Gasteiger partial charge in [0.15, 0.2) is 5.82 Å². The third-order valence-electron chi connectivity index (χ3n) is 4.13. The van der Waals surface area contributed by atoms with Crippen molar-refractivity contribution in [1.82, 2.24) is 25.0 Å². The largest absolute Gasteiger partial charge is 0.420 e. The molecule has 3 heterocycles. The summed E-state index contributed by atoms with van der Waals surface area (Å²) < 4.78 is 46.2. The minimum absolute atomic E-state index is 0.187. The molecular formula is C17H16BrF3N8O2. The Morgan fingerprint density at radius 3 is 2.52 bits per heavy atom. The van der Waals surface area contributed by atoms with Gasteiger partial charge in [0.25, 0.3) is 0 Å². The van der Waals surface area contributed by atoms with Crippen LogP contribution in [0.3, 0.4) is 0 Å². The first kappa shape index (κ1) is 22.4. The summed E-state index contributed by atoms with van der Waals surface area (Å²) in [5, 5.41) is 12.2. The van der Waals surface area contributed by atoms with Crippen LogP contribution in [0.1, 0.15) is 24.2 Å². The molecule has 3 rings (SSSR count). The van der Waals surface area contributed by atoms with Gasteiger partial charge in [0, 0.05) is 12.7 Å². The number of carbonyl (C=O) groups excluding carboxylic acids is 1. The number of pyridine rings is 2. The SMILES string of the molecule is CO[C@@H](C)c1c(NC(=O)Nc2cnc(-n3nccn3)c(C(F)(F)F)c2)cnc(N)c1Br. The molecule has 0 fully saturated rings. The van der Waals surface area contributed by atoms with Crippen molar-refractivity contribution in [2.45, 2.75) is 19.2 Å². The minimum Gasteiger partial charge on any atom is -0.383 e. The summed E-state index contributed by atoms with van der Waals surface area (Å²) in [6.07, 6.45) is -0.400. The van der Waals surface area contributed by atoms with Gasteiger partial charge in [-0.25, -0.2) is 14.8 Å². The molecule has 3 aromatic heterocycles. The van der Waals surface area contributed by atoms with Crippen LogP contribution in [-0.4, -0.2) is 38.1 Å². The fourth-order valence-electron chi connectivity index (χ4n) is 2.64. The van der Waals surface area contributed by atoms with E-state index < -0.39 is 29.7 Å². The Hall–Kier alpha value is -3.26. The van der Waals surface area contributed by atoms with Crippen LogP contribution in [0.4, 0.5) is 35.2 Å². The molecule has 0 bridgehead atoms. The van der Waals surface area contributed by atoms with Crippen molar-refractivity contribution in [3.8, 4) is 5.82 Å². The van der Waals surface area contributed by atoms with E-state index >= 15 is 0 Å². The fourth-order valence-corrected chi connectivity index (χ4v) is 3.27. The number of halogens is 4. The van der Waals surface area contributed by atoms with Gasteiger partial charge in [-0.2, -0.15) is 23.4 Å². The average molecular weight is 501 g/mol. The second-order valence-electron chi connectivity index (χ2n) is 6.15. The molecular weight excluding hydrogens is 485 g/mol. The van der Waals surface area contributed by atoms with Gasteiger partial charge in [0.1, 0.15) is 11.4 Å². The van der Waals surface area contributed by atoms with E-state index in [-0.39, 0.29) is 17.2 Å². The normalized spacial score (nSPS) is 12.5. The first-order valence-corrected chi connectivity index (χ1v) is 9.39. The van der Waals surface area contributed by atoms with Crippen LogP contribution < -0.4 is 16.4 Å². The molecule has 0 saturated carbocycles. The van der Waals surface area contributed by atoms with Gasteiger partial charge in [-0.3, -0.25) is 0 Å². The molecule has 0 aliphatic carbocycles. The zero-order chi connectivity index (χ0) is 22.8. The number of amides is 2. The highest BCUT2D eigenvalue weighted by Crippen LogP contribution is 2.36. The molecule has 0 radical (unpaired) electrons. The van der Waals surface area contributed by atoms with Gasteiger partial charge in [-0.15, -0.1) is 4.80 Å². The van der Waals surface area contributed by atoms with Crippen LogP contribution >= 0.6 is 15.9 Å². The monoisotopic (exact) mass is 500 g/mol. The van der Waals surface area contributed by atoms with Crippen LogP contribution in [0.15, 0.2) is 35.3 Å². The molecule has 4 N–H and O–H groups in total. The number of aromatic nitrogens is 5. The Morgan fingerprint density at radius 2 is 1.90 bits per heavy atom. The molecule has 0 saturated heterocycles. The summed E-state index contributed by atoms with van der Waals surface area (Å²) in [5.41, 5.74) is 5.24. The molecule has 0 unspecified atom stereocenters. The lowest BCUT2D eigenvalue weighted by Crippen LogP contribution is -2.22. The van der Waals surface area contributed by atoms with E-state index in [1.165, 1.54) is 25.7 Å². The Labute approximate surface area is 182 Å². The van der Waals surface area contributed by atoms with Crippen molar-refractivity contribution in [3.63, 3.8) is 0 Å². The zero-order valence-electron chi connectivity index (χ0n) is 16.1. The fraction of sp³-hybridized carbons (Fsp3) is 0.235. The van der Waals surface area contributed by atoms with E-state index in [1.807, 2.05) is 0 Å². The number of nitrogen functional groups attached to an aromatic ring is 1. The maximum Gasteiger partial charge on any atom is 0.420 e. The lowest BCUT2D eigenvalue weighted by atomic mass is 10.1. The number of alkyl halides is 3. The van der Waals surface area contributed by atoms with Crippen molar-refractivity contribution < 1.29 is 22.7 Å². The average Bonchev–Trinajstić information content (AvgIpc) is 3.24. The van der Waals surface area contributed by atoms with E-state index in [4.69, 9.17) is 10.5 Å². The number of nitrogens with one attached hydrogen (secondary N) is 2. The Balaban J connectivity index is 1.87. The predicted octanol–water partition coefficient (Wildman–Crippen LogP) is 3.77. The van der Waals surface area contributed by atoms with Crippen molar-refractivity contribution in [2.75, 3.05) is 23.5 Å². The highest BCUT2D eigenvalue weighted by atomic mass is 79.9. The number of hydrogen-bond acceptors (Lipinski definition) is 7. The molecule has 1 atom stereocenters. The summed E-state index contributed by atoms with van der Waals surface area (Å²) in [7, 11) is 1.47. The summed E-state index contributed by atoms with van der Waals surface area (Å²) in [5.74, 6) is -0.335. The topological polar surface area (TPSA) is 133 Å². The third kappa shape index (κ3) is 4.91. The lowest BCUT2D eigenvalue weighted by molar-refractivity contribution is -0.137. The summed E-state index contributed by atoms with van der Waals surface area (Å²) in [6, 6.07) is -0.0795. The molecule has 0 spiro atoms. The van der Waals surface area contributed by atoms with Crippen LogP contribution in [0.5, 0.6) is 0 Å². The van der Waals surface area contributed by atoms with Gasteiger partial charge in [-0.05, 0) is 28.9 Å². The molecule has 14 heteroatoms. The maximum atomic E-state index is 13.5. The lowest BCUT2D eigenvalue weighted by Gasteiger charge is -2.19. The molecule has 3 aromatic rings. The Kier molecular flexibility index (Phi) is 6.40. The first-order chi connectivity index (χ1) is 14.6. The smallest absolute Gasteiger partial charge is 0.383 e. The van der Waals surface area contributed by atoms with Crippen molar-refractivity contribution >= 4 is 39.2 Å². The predicted molar refractivity (Wildman–Crippen MR) is 109 cm³/mol. The zero-order valence-corrected chi connectivity index (χ0v) is 17.7. The maximum absolute atomic E-state index is 13.5. The Morgan fingerprint density at radius 1 is 1.23 bits per heavy atom. The number of nitrogens with two attached hydrogens (primary N) is 1. The molecule has 31 heavy (non-hydrogen) atoms. The van der Waals surface area contributed by atoms with E-state index in [0.717, 1.165) is 17.1 Å². The standard InChI is InChI=1S/C17H16BrF3N8O2/c1-8(31-2)12-11(7-23-14(22)13(12)18)28-16(30)27-9-5-10(17(19,20)21)15(24-6-9)29-25-3-4-26-29/h3-8H,1-2H3,(H2,22,23)(H2,27,28,30)/t8-/m0/s1. The molecule has 0 aliphatic heterocycles. The molecule has 164 valence electrons. The molecule has 2 amide bonds. The van der Waals surface area contributed by atoms with E-state index in [9.17, 15) is 18.0 Å². The van der Waals surface area contributed by atoms with Gasteiger partial charge in [0.05, 0.1) is 46.7 Å². The quantitative estimate of drug-likeness (QED) is 0.485. The van der Waals surface area contributed by atoms with Crippen LogP contribution in [0, 0.1) is 0 Å². The summed E-state index contributed by atoms with van der Waals surface area (Å²) in [4.78, 5) is 20.9. The molecule has 10 nitrogen and oxygen atoms in total. The number of ether oxygens (including phenoxy) is 1. The van der Waals surface area contributed by atoms with Crippen molar-refractivity contribution in [1.29, 1.82) is 0 Å². The first-order valence-electron chi connectivity index (χ1n) is 8.60. The van der Waals surface area contributed by atoms with E-state index in [2.05, 4.69) is 46.7 Å². The summed E-state index contributed by atoms with van der Waals surface area (Å²) >= 11 is 3.30. The number of rotatable bonds is 5. The van der Waals surface area contributed by atoms with Crippen LogP contribution in [0.25, 0.3) is 5.82 Å². The summed E-state index contributed by atoms with van der Waals surface area (Å²) in [6.45, 7) is 1.73. The highest BCUT2D eigenvalue weighted by molar-refractivity contribution is 9.10. The van der Waals surface area contributed by atoms with E-state index in [0.29, 0.717) is 10.0 Å². The number of methoxy groups -OCH3 is 1. The number of hydrogen-bond donors (Lipinski definition) is 3. The second kappa shape index (κ2) is 8.85. The number of urea groups is 1. The highest BCUT2D eigenvalue weighted by Gasteiger charge is 2.36. The van der Waals surface area contributed by atoms with Gasteiger partial charge >= 0.3 is 12.2 Å². The van der Waals surface area contributed by atoms with Crippen molar-refractivity contribution in [3.05, 3.63) is 46.5 Å². The Bertz CT molecular complexity index is 1090. The third-order valence-corrected chi connectivity index (χ3v) is 4.96. The number of nitrogens with zero attached hydrogens (tertiary/aromatic N) is 5. The number of anilines is 3. The van der Waals surface area contributed by atoms with E-state index in [1.54, 1.807) is 6.92 Å². The van der Waals surface area contributed by atoms with Gasteiger partial charge in [0.2, 0.25) is 0 Å². The van der Waals surface area contributed by atoms with Gasteiger partial charge < -0.3 is 21.1 Å². The second-order valence-corrected chi connectivity index (χ2v) is 6.95. The minimum atomic E-state index is -4.75. The molecule has 0 aromatic carbocycles. The molecule has 0 aliphatic rings. The van der Waals surface area contributed by atoms with Gasteiger partial charge in [-0.1, -0.05) is 0 Å². The van der Waals surface area contributed by atoms with Crippen molar-refractivity contribution in [2.24, 2.45) is 0 Å².